The fraction of sp³-hybridized carbons (Fsp3) is 0.194. The first-order chi connectivity index (χ1) is 18.8. The SMILES string of the molecule is COc1ccc(C)cc1NS(=O)(=O)c1ccc(NC(=O)c2ccc(CN3CCc4ccccc4C3)cc2)cc1. The number of aryl methyl sites for hydroxylation is 1. The van der Waals surface area contributed by atoms with Gasteiger partial charge in [0.2, 0.25) is 0 Å². The van der Waals surface area contributed by atoms with E-state index in [1.165, 1.54) is 30.4 Å². The van der Waals surface area contributed by atoms with Crippen LogP contribution >= 0.6 is 0 Å². The van der Waals surface area contributed by atoms with Crippen molar-refractivity contribution in [3.63, 3.8) is 0 Å². The summed E-state index contributed by atoms with van der Waals surface area (Å²) in [6, 6.07) is 27.5. The number of rotatable bonds is 8. The van der Waals surface area contributed by atoms with Gasteiger partial charge in [-0.1, -0.05) is 42.5 Å². The number of amides is 1. The molecule has 0 saturated heterocycles. The van der Waals surface area contributed by atoms with E-state index >= 15 is 0 Å². The minimum Gasteiger partial charge on any atom is -0.495 e. The molecule has 4 aromatic rings. The van der Waals surface area contributed by atoms with Crippen LogP contribution in [0.25, 0.3) is 0 Å². The van der Waals surface area contributed by atoms with Crippen molar-refractivity contribution < 1.29 is 17.9 Å². The Morgan fingerprint density at radius 3 is 2.36 bits per heavy atom. The summed E-state index contributed by atoms with van der Waals surface area (Å²) in [5, 5.41) is 2.84. The predicted octanol–water partition coefficient (Wildman–Crippen LogP) is 5.62. The van der Waals surface area contributed by atoms with Gasteiger partial charge in [-0.3, -0.25) is 14.4 Å². The zero-order valence-electron chi connectivity index (χ0n) is 22.0. The van der Waals surface area contributed by atoms with Crippen molar-refractivity contribution in [2.45, 2.75) is 31.3 Å². The quantitative estimate of drug-likeness (QED) is 0.303. The Balaban J connectivity index is 1.19. The van der Waals surface area contributed by atoms with E-state index in [0.29, 0.717) is 22.7 Å². The van der Waals surface area contributed by atoms with Crippen LogP contribution in [0.15, 0.2) is 95.9 Å². The molecule has 0 spiro atoms. The number of sulfonamides is 1. The molecule has 0 aromatic heterocycles. The molecule has 0 fully saturated rings. The van der Waals surface area contributed by atoms with Gasteiger partial charge in [-0.2, -0.15) is 0 Å². The molecule has 0 unspecified atom stereocenters. The summed E-state index contributed by atoms with van der Waals surface area (Å²) in [6.45, 7) is 4.64. The summed E-state index contributed by atoms with van der Waals surface area (Å²) >= 11 is 0. The summed E-state index contributed by atoms with van der Waals surface area (Å²) in [5.74, 6) is 0.173. The smallest absolute Gasteiger partial charge is 0.262 e. The molecular formula is C31H31N3O4S. The van der Waals surface area contributed by atoms with E-state index in [1.54, 1.807) is 24.3 Å². The van der Waals surface area contributed by atoms with E-state index in [9.17, 15) is 13.2 Å². The molecule has 0 atom stereocenters. The van der Waals surface area contributed by atoms with Crippen molar-refractivity contribution in [3.05, 3.63) is 119 Å². The van der Waals surface area contributed by atoms with Crippen LogP contribution in [0.5, 0.6) is 5.75 Å². The Morgan fingerprint density at radius 2 is 1.64 bits per heavy atom. The average molecular weight is 542 g/mol. The highest BCUT2D eigenvalue weighted by Gasteiger charge is 2.18. The van der Waals surface area contributed by atoms with E-state index in [1.807, 2.05) is 37.3 Å². The number of hydrogen-bond donors (Lipinski definition) is 2. The lowest BCUT2D eigenvalue weighted by atomic mass is 9.99. The van der Waals surface area contributed by atoms with Gasteiger partial charge in [-0.05, 0) is 84.1 Å². The number of nitrogens with one attached hydrogen (secondary N) is 2. The third-order valence-corrected chi connectivity index (χ3v) is 8.24. The monoisotopic (exact) mass is 541 g/mol. The van der Waals surface area contributed by atoms with Crippen LogP contribution in [-0.2, 0) is 29.5 Å². The number of hydrogen-bond acceptors (Lipinski definition) is 5. The molecule has 39 heavy (non-hydrogen) atoms. The number of fused-ring (bicyclic) bond motifs is 1. The zero-order valence-corrected chi connectivity index (χ0v) is 22.8. The molecule has 2 N–H and O–H groups in total. The van der Waals surface area contributed by atoms with Gasteiger partial charge in [-0.15, -0.1) is 0 Å². The highest BCUT2D eigenvalue weighted by molar-refractivity contribution is 7.92. The maximum absolute atomic E-state index is 12.9. The van der Waals surface area contributed by atoms with Crippen LogP contribution in [0.4, 0.5) is 11.4 Å². The first kappa shape index (κ1) is 26.5. The van der Waals surface area contributed by atoms with E-state index in [-0.39, 0.29) is 10.8 Å². The molecule has 8 heteroatoms. The fourth-order valence-corrected chi connectivity index (χ4v) is 5.80. The van der Waals surface area contributed by atoms with Crippen molar-refractivity contribution in [1.29, 1.82) is 0 Å². The van der Waals surface area contributed by atoms with E-state index in [0.717, 1.165) is 37.2 Å². The molecule has 5 rings (SSSR count). The van der Waals surface area contributed by atoms with Gasteiger partial charge in [0.05, 0.1) is 17.7 Å². The Bertz CT molecular complexity index is 1580. The fourth-order valence-electron chi connectivity index (χ4n) is 4.73. The highest BCUT2D eigenvalue weighted by Crippen LogP contribution is 2.28. The van der Waals surface area contributed by atoms with Crippen LogP contribution in [0.1, 0.15) is 32.6 Å². The Kier molecular flexibility index (Phi) is 7.67. The Hall–Kier alpha value is -4.14. The van der Waals surface area contributed by atoms with Crippen molar-refractivity contribution in [2.75, 3.05) is 23.7 Å². The molecule has 1 heterocycles. The molecule has 0 radical (unpaired) electrons. The van der Waals surface area contributed by atoms with E-state index < -0.39 is 10.0 Å². The maximum Gasteiger partial charge on any atom is 0.262 e. The highest BCUT2D eigenvalue weighted by atomic mass is 32.2. The molecule has 200 valence electrons. The Morgan fingerprint density at radius 1 is 0.923 bits per heavy atom. The first-order valence-electron chi connectivity index (χ1n) is 12.8. The molecule has 1 aliphatic rings. The van der Waals surface area contributed by atoms with Gasteiger partial charge in [0, 0.05) is 30.9 Å². The summed E-state index contributed by atoms with van der Waals surface area (Å²) in [7, 11) is -2.35. The average Bonchev–Trinajstić information content (AvgIpc) is 2.93. The van der Waals surface area contributed by atoms with Crippen molar-refractivity contribution in [2.24, 2.45) is 0 Å². The van der Waals surface area contributed by atoms with Gasteiger partial charge >= 0.3 is 0 Å². The molecule has 0 bridgehead atoms. The summed E-state index contributed by atoms with van der Waals surface area (Å²) < 4.78 is 33.7. The molecule has 1 amide bonds. The first-order valence-corrected chi connectivity index (χ1v) is 14.3. The van der Waals surface area contributed by atoms with Crippen molar-refractivity contribution >= 4 is 27.3 Å². The standard InChI is InChI=1S/C31H31N3O4S/c1-22-7-16-30(38-2)29(19-22)33-39(36,37)28-14-12-27(13-15-28)32-31(35)25-10-8-23(9-11-25)20-34-18-17-24-5-3-4-6-26(24)21-34/h3-16,19,33H,17-18,20-21H2,1-2H3,(H,32,35). The molecule has 4 aromatic carbocycles. The van der Waals surface area contributed by atoms with Gasteiger partial charge < -0.3 is 10.1 Å². The second-order valence-corrected chi connectivity index (χ2v) is 11.4. The molecule has 0 saturated carbocycles. The number of methoxy groups -OCH3 is 1. The third-order valence-electron chi connectivity index (χ3n) is 6.85. The summed E-state index contributed by atoms with van der Waals surface area (Å²) in [5.41, 5.74) is 6.26. The number of ether oxygens (including phenoxy) is 1. The van der Waals surface area contributed by atoms with Gasteiger partial charge in [0.1, 0.15) is 5.75 Å². The van der Waals surface area contributed by atoms with Crippen LogP contribution in [0.3, 0.4) is 0 Å². The normalized spacial score (nSPS) is 13.4. The summed E-state index contributed by atoms with van der Waals surface area (Å²) in [6.07, 6.45) is 1.05. The number of anilines is 2. The van der Waals surface area contributed by atoms with Crippen LogP contribution in [0.2, 0.25) is 0 Å². The largest absolute Gasteiger partial charge is 0.495 e. The predicted molar refractivity (Wildman–Crippen MR) is 154 cm³/mol. The second-order valence-electron chi connectivity index (χ2n) is 9.71. The molecular weight excluding hydrogens is 510 g/mol. The van der Waals surface area contributed by atoms with Crippen LogP contribution < -0.4 is 14.8 Å². The lowest BCUT2D eigenvalue weighted by Gasteiger charge is -2.28. The van der Waals surface area contributed by atoms with Gasteiger partial charge in [0.15, 0.2) is 0 Å². The van der Waals surface area contributed by atoms with Crippen LogP contribution in [0, 0.1) is 6.92 Å². The number of carbonyl (C=O) groups excluding carboxylic acids is 1. The van der Waals surface area contributed by atoms with Gasteiger partial charge in [0.25, 0.3) is 15.9 Å². The van der Waals surface area contributed by atoms with E-state index in [2.05, 4.69) is 39.2 Å². The topological polar surface area (TPSA) is 87.7 Å². The molecule has 1 aliphatic heterocycles. The maximum atomic E-state index is 12.9. The van der Waals surface area contributed by atoms with Crippen LogP contribution in [-0.4, -0.2) is 32.9 Å². The summed E-state index contributed by atoms with van der Waals surface area (Å²) in [4.78, 5) is 15.3. The lowest BCUT2D eigenvalue weighted by molar-refractivity contribution is 0.102. The minimum absolute atomic E-state index is 0.0775. The molecule has 0 aliphatic carbocycles. The third kappa shape index (κ3) is 6.30. The van der Waals surface area contributed by atoms with Gasteiger partial charge in [-0.25, -0.2) is 8.42 Å². The van der Waals surface area contributed by atoms with E-state index in [4.69, 9.17) is 4.74 Å². The van der Waals surface area contributed by atoms with Crippen molar-refractivity contribution in [1.82, 2.24) is 4.90 Å². The Labute approximate surface area is 229 Å². The number of carbonyl (C=O) groups is 1. The number of benzene rings is 4. The second kappa shape index (κ2) is 11.3. The lowest BCUT2D eigenvalue weighted by Crippen LogP contribution is -2.29. The minimum atomic E-state index is -3.84. The number of nitrogens with zero attached hydrogens (tertiary/aromatic N) is 1. The van der Waals surface area contributed by atoms with Crippen molar-refractivity contribution in [3.8, 4) is 5.75 Å². The molecule has 7 nitrogen and oxygen atoms in total. The zero-order chi connectivity index (χ0) is 27.4.